The minimum atomic E-state index is -0.658. The molecule has 0 saturated carbocycles. The van der Waals surface area contributed by atoms with Crippen LogP contribution < -0.4 is 5.32 Å². The van der Waals surface area contributed by atoms with Crippen molar-refractivity contribution in [1.82, 2.24) is 5.32 Å². The third kappa shape index (κ3) is 11.1. The van der Waals surface area contributed by atoms with E-state index in [0.29, 0.717) is 46.4 Å². The van der Waals surface area contributed by atoms with Crippen molar-refractivity contribution in [3.05, 3.63) is 0 Å². The molecule has 0 aromatic heterocycles. The summed E-state index contributed by atoms with van der Waals surface area (Å²) in [7, 11) is 0.445. The fourth-order valence-corrected chi connectivity index (χ4v) is 4.78. The molecule has 1 heterocycles. The molecular formula is C22H42N2O5SiV. The predicted molar refractivity (Wildman–Crippen MR) is 118 cm³/mol. The summed E-state index contributed by atoms with van der Waals surface area (Å²) in [6.07, 6.45) is 1.98. The molecule has 0 aliphatic carbocycles. The second-order valence-corrected chi connectivity index (χ2v) is 10.1. The molecule has 1 aliphatic rings. The van der Waals surface area contributed by atoms with Gasteiger partial charge in [-0.3, -0.25) is 0 Å². The Morgan fingerprint density at radius 1 is 1.32 bits per heavy atom. The minimum absolute atomic E-state index is 0.0456. The first kappa shape index (κ1) is 27.2. The summed E-state index contributed by atoms with van der Waals surface area (Å²) in [6, 6.07) is 0.937. The van der Waals surface area contributed by atoms with Gasteiger partial charge in [0.2, 0.25) is 9.76 Å². The average Bonchev–Trinajstić information content (AvgIpc) is 3.13. The summed E-state index contributed by atoms with van der Waals surface area (Å²) in [6.45, 7) is 13.8. The molecule has 0 aromatic carbocycles. The average molecular weight is 496 g/mol. The Morgan fingerprint density at radius 3 is 2.71 bits per heavy atom. The Hall–Kier alpha value is -0.0887. The van der Waals surface area contributed by atoms with Crippen molar-refractivity contribution < 1.29 is 42.1 Å². The van der Waals surface area contributed by atoms with Gasteiger partial charge in [-0.2, -0.15) is 0 Å². The standard InChI is InChI=1S/C22H42N2O5Si.V/c1-7-16(4)22(18(6)17(5)15(2)3)29-30-12-8-10-24-21(25)14-27-19-9-11-26-20(19)13-28-23;/h15-20,22H,7-14H2,1-6H3,(H,24,25);/i11T;. The number of hydrogen-bond donors (Lipinski definition) is 1. The van der Waals surface area contributed by atoms with E-state index in [4.69, 9.17) is 20.1 Å². The zero-order chi connectivity index (χ0) is 24.1. The van der Waals surface area contributed by atoms with Gasteiger partial charge in [-0.15, -0.1) is 0 Å². The SMILES string of the molecule is [3H]C1CC(OCC(=O)NCCC[Si]OC(C(C)CC)C(C)C(C)C(C)C)C(CO[N]=[V])O1. The van der Waals surface area contributed by atoms with E-state index >= 15 is 0 Å². The Labute approximate surface area is 202 Å². The first-order chi connectivity index (χ1) is 15.2. The first-order valence-corrected chi connectivity index (χ1v) is 13.3. The number of ether oxygens (including phenoxy) is 2. The molecule has 179 valence electrons. The van der Waals surface area contributed by atoms with Gasteiger partial charge in [-0.25, -0.2) is 0 Å². The van der Waals surface area contributed by atoms with Crippen molar-refractivity contribution in [2.24, 2.45) is 27.6 Å². The van der Waals surface area contributed by atoms with Crippen LogP contribution in [0.3, 0.4) is 0 Å². The van der Waals surface area contributed by atoms with Crippen molar-refractivity contribution in [3.63, 3.8) is 0 Å². The molecule has 1 rings (SSSR count). The van der Waals surface area contributed by atoms with Crippen molar-refractivity contribution in [2.75, 3.05) is 26.3 Å². The van der Waals surface area contributed by atoms with Crippen LogP contribution in [-0.4, -0.2) is 60.3 Å². The van der Waals surface area contributed by atoms with Gasteiger partial charge in [0, 0.05) is 6.10 Å². The molecule has 7 unspecified atom stereocenters. The Morgan fingerprint density at radius 2 is 2.06 bits per heavy atom. The topological polar surface area (TPSA) is 78.4 Å². The van der Waals surface area contributed by atoms with Gasteiger partial charge in [0.05, 0.1) is 0 Å². The number of hydrogen-bond acceptors (Lipinski definition) is 6. The number of carbonyl (C=O) groups is 1. The summed E-state index contributed by atoms with van der Waals surface area (Å²) in [5, 5.41) is 2.90. The number of amides is 1. The summed E-state index contributed by atoms with van der Waals surface area (Å²) in [5.74, 6) is 2.17. The molecule has 1 aliphatic heterocycles. The van der Waals surface area contributed by atoms with Crippen LogP contribution in [0, 0.1) is 23.7 Å². The summed E-state index contributed by atoms with van der Waals surface area (Å²) < 4.78 is 28.7. The summed E-state index contributed by atoms with van der Waals surface area (Å²) >= 11 is 1.97. The van der Waals surface area contributed by atoms with Gasteiger partial charge < -0.3 is 4.43 Å². The van der Waals surface area contributed by atoms with E-state index < -0.39 is 6.58 Å². The van der Waals surface area contributed by atoms with Crippen LogP contribution in [0.1, 0.15) is 62.2 Å². The van der Waals surface area contributed by atoms with E-state index in [1.54, 1.807) is 0 Å². The van der Waals surface area contributed by atoms with Crippen LogP contribution in [0.4, 0.5) is 0 Å². The van der Waals surface area contributed by atoms with E-state index in [0.717, 1.165) is 18.9 Å². The van der Waals surface area contributed by atoms with Gasteiger partial charge in [-0.1, -0.05) is 48.0 Å². The Kier molecular flexibility index (Phi) is 14.5. The molecule has 31 heavy (non-hydrogen) atoms. The Balaban J connectivity index is 2.25. The molecule has 2 radical (unpaired) electrons. The fraction of sp³-hybridized carbons (Fsp3) is 0.955. The van der Waals surface area contributed by atoms with Crippen LogP contribution in [0.15, 0.2) is 3.95 Å². The molecule has 7 atom stereocenters. The summed E-state index contributed by atoms with van der Waals surface area (Å²) in [5.41, 5.74) is 0. The zero-order valence-corrected chi connectivity index (χ0v) is 22.4. The van der Waals surface area contributed by atoms with Gasteiger partial charge in [0.1, 0.15) is 0 Å². The van der Waals surface area contributed by atoms with Crippen LogP contribution in [0.2, 0.25) is 6.04 Å². The van der Waals surface area contributed by atoms with Gasteiger partial charge >= 0.3 is 110 Å². The van der Waals surface area contributed by atoms with Crippen molar-refractivity contribution >= 4 is 15.7 Å². The number of nitrogens with one attached hydrogen (secondary N) is 1. The van der Waals surface area contributed by atoms with Crippen LogP contribution in [0.25, 0.3) is 0 Å². The first-order valence-electron chi connectivity index (χ1n) is 12.1. The number of carbonyl (C=O) groups excluding carboxylic acids is 1. The van der Waals surface area contributed by atoms with Crippen LogP contribution in [0.5, 0.6) is 0 Å². The molecule has 0 aromatic rings. The van der Waals surface area contributed by atoms with Gasteiger partial charge in [0.15, 0.2) is 0 Å². The van der Waals surface area contributed by atoms with E-state index in [1.807, 2.05) is 17.2 Å². The van der Waals surface area contributed by atoms with Gasteiger partial charge in [-0.05, 0) is 23.7 Å². The van der Waals surface area contributed by atoms with Gasteiger partial charge in [0.25, 0.3) is 0 Å². The fourth-order valence-electron chi connectivity index (χ4n) is 3.60. The van der Waals surface area contributed by atoms with Crippen LogP contribution in [-0.2, 0) is 40.8 Å². The maximum absolute atomic E-state index is 12.1. The molecule has 1 N–H and O–H groups in total. The van der Waals surface area contributed by atoms with Crippen LogP contribution >= 0.6 is 0 Å². The predicted octanol–water partition coefficient (Wildman–Crippen LogP) is 3.73. The number of rotatable bonds is 17. The molecule has 0 spiro atoms. The van der Waals surface area contributed by atoms with E-state index in [1.165, 1.54) is 0 Å². The van der Waals surface area contributed by atoms with Crippen molar-refractivity contribution in [1.29, 1.82) is 0 Å². The van der Waals surface area contributed by atoms with Crippen molar-refractivity contribution in [2.45, 2.75) is 85.2 Å². The third-order valence-electron chi connectivity index (χ3n) is 6.34. The zero-order valence-electron chi connectivity index (χ0n) is 21.0. The van der Waals surface area contributed by atoms with E-state index in [2.05, 4.69) is 50.8 Å². The maximum atomic E-state index is 12.1. The molecular weight excluding hydrogens is 451 g/mol. The second kappa shape index (κ2) is 16.5. The number of nitrogens with zero attached hydrogens (tertiary/aromatic N) is 1. The summed E-state index contributed by atoms with van der Waals surface area (Å²) in [4.78, 5) is 17.1. The molecule has 1 amide bonds. The molecule has 0 bridgehead atoms. The monoisotopic (exact) mass is 495 g/mol. The van der Waals surface area contributed by atoms with Crippen molar-refractivity contribution in [3.8, 4) is 0 Å². The van der Waals surface area contributed by atoms with E-state index in [-0.39, 0.29) is 37.4 Å². The molecule has 7 nitrogen and oxygen atoms in total. The normalized spacial score (nSPS) is 25.6. The third-order valence-corrected chi connectivity index (χ3v) is 7.52. The van der Waals surface area contributed by atoms with E-state index in [9.17, 15) is 4.79 Å². The molecule has 9 heteroatoms. The second-order valence-electron chi connectivity index (χ2n) is 8.83. The molecule has 1 saturated heterocycles. The Bertz CT molecular complexity index is 548. The quantitative estimate of drug-likeness (QED) is 0.189. The molecule has 1 fully saturated rings.